The molecule has 0 aliphatic carbocycles. The molecule has 23 heavy (non-hydrogen) atoms. The second-order valence-corrected chi connectivity index (χ2v) is 7.57. The first-order valence-corrected chi connectivity index (χ1v) is 8.85. The smallest absolute Gasteiger partial charge is 0.407 e. The van der Waals surface area contributed by atoms with Crippen LogP contribution in [0.4, 0.5) is 4.79 Å². The number of nitrogens with one attached hydrogen (secondary N) is 1. The van der Waals surface area contributed by atoms with Crippen molar-refractivity contribution in [2.24, 2.45) is 5.73 Å². The van der Waals surface area contributed by atoms with Crippen molar-refractivity contribution < 1.29 is 9.53 Å². The van der Waals surface area contributed by atoms with Crippen LogP contribution in [0.15, 0.2) is 0 Å². The van der Waals surface area contributed by atoms with Gasteiger partial charge < -0.3 is 15.8 Å². The summed E-state index contributed by atoms with van der Waals surface area (Å²) in [5.74, 6) is 0. The monoisotopic (exact) mass is 328 g/mol. The molecule has 0 aromatic carbocycles. The Labute approximate surface area is 141 Å². The lowest BCUT2D eigenvalue weighted by molar-refractivity contribution is 0.0399. The van der Waals surface area contributed by atoms with Crippen LogP contribution in [-0.2, 0) is 4.74 Å². The molecule has 1 aliphatic heterocycles. The van der Waals surface area contributed by atoms with E-state index in [0.29, 0.717) is 12.6 Å². The lowest BCUT2D eigenvalue weighted by atomic mass is 10.1. The van der Waals surface area contributed by atoms with E-state index < -0.39 is 5.60 Å². The Morgan fingerprint density at radius 3 is 2.13 bits per heavy atom. The molecule has 3 N–H and O–H groups in total. The van der Waals surface area contributed by atoms with Crippen molar-refractivity contribution in [1.29, 1.82) is 0 Å². The number of carbonyl (C=O) groups is 1. The van der Waals surface area contributed by atoms with E-state index in [-0.39, 0.29) is 18.2 Å². The second-order valence-electron chi connectivity index (χ2n) is 7.57. The summed E-state index contributed by atoms with van der Waals surface area (Å²) < 4.78 is 5.34. The molecule has 0 saturated carbocycles. The topological polar surface area (TPSA) is 70.8 Å². The molecule has 1 saturated heterocycles. The molecule has 0 aromatic rings. The third-order valence-electron chi connectivity index (χ3n) is 4.60. The summed E-state index contributed by atoms with van der Waals surface area (Å²) in [6.07, 6.45) is 0.804. The maximum atomic E-state index is 12.0. The van der Waals surface area contributed by atoms with Crippen molar-refractivity contribution in [2.45, 2.75) is 71.7 Å². The van der Waals surface area contributed by atoms with E-state index in [1.807, 2.05) is 27.7 Å². The number of carbonyl (C=O) groups excluding carboxylic acids is 1. The maximum absolute atomic E-state index is 12.0. The van der Waals surface area contributed by atoms with Crippen LogP contribution in [0.3, 0.4) is 0 Å². The quantitative estimate of drug-likeness (QED) is 0.776. The summed E-state index contributed by atoms with van der Waals surface area (Å²) in [7, 11) is 0. The van der Waals surface area contributed by atoms with E-state index in [4.69, 9.17) is 10.5 Å². The number of ether oxygens (including phenoxy) is 1. The Bertz CT molecular complexity index is 362. The molecule has 0 radical (unpaired) electrons. The first kappa shape index (κ1) is 20.2. The lowest BCUT2D eigenvalue weighted by Gasteiger charge is -2.43. The fourth-order valence-corrected chi connectivity index (χ4v) is 3.03. The summed E-state index contributed by atoms with van der Waals surface area (Å²) in [5, 5.41) is 2.93. The van der Waals surface area contributed by atoms with Gasteiger partial charge in [-0.25, -0.2) is 4.79 Å². The van der Waals surface area contributed by atoms with Gasteiger partial charge in [-0.15, -0.1) is 0 Å². The van der Waals surface area contributed by atoms with Crippen molar-refractivity contribution in [3.63, 3.8) is 0 Å². The first-order valence-electron chi connectivity index (χ1n) is 8.85. The highest BCUT2D eigenvalue weighted by molar-refractivity contribution is 5.68. The van der Waals surface area contributed by atoms with E-state index in [9.17, 15) is 4.79 Å². The van der Waals surface area contributed by atoms with Crippen LogP contribution in [0.1, 0.15) is 48.0 Å². The van der Waals surface area contributed by atoms with Crippen LogP contribution in [-0.4, -0.2) is 72.3 Å². The molecule has 1 aliphatic rings. The van der Waals surface area contributed by atoms with Crippen LogP contribution >= 0.6 is 0 Å². The van der Waals surface area contributed by atoms with E-state index in [2.05, 4.69) is 29.0 Å². The van der Waals surface area contributed by atoms with Crippen LogP contribution < -0.4 is 11.1 Å². The number of rotatable bonds is 6. The highest BCUT2D eigenvalue weighted by atomic mass is 16.6. The van der Waals surface area contributed by atoms with Gasteiger partial charge in [0.05, 0.1) is 0 Å². The molecule has 3 unspecified atom stereocenters. The van der Waals surface area contributed by atoms with Crippen LogP contribution in [0, 0.1) is 0 Å². The average molecular weight is 329 g/mol. The third kappa shape index (κ3) is 6.65. The Morgan fingerprint density at radius 1 is 1.17 bits per heavy atom. The number of hydrogen-bond donors (Lipinski definition) is 2. The minimum absolute atomic E-state index is 0.0370. The van der Waals surface area contributed by atoms with E-state index in [0.717, 1.165) is 26.2 Å². The number of nitrogens with zero attached hydrogens (tertiary/aromatic N) is 2. The van der Waals surface area contributed by atoms with Gasteiger partial charge in [-0.05, 0) is 41.0 Å². The molecule has 6 nitrogen and oxygen atoms in total. The maximum Gasteiger partial charge on any atom is 0.407 e. The molecule has 3 atom stereocenters. The van der Waals surface area contributed by atoms with Crippen molar-refractivity contribution >= 4 is 6.09 Å². The zero-order valence-electron chi connectivity index (χ0n) is 15.8. The predicted octanol–water partition coefficient (Wildman–Crippen LogP) is 1.64. The van der Waals surface area contributed by atoms with Crippen molar-refractivity contribution in [2.75, 3.05) is 32.7 Å². The predicted molar refractivity (Wildman–Crippen MR) is 94.6 cm³/mol. The summed E-state index contributed by atoms with van der Waals surface area (Å²) in [5.41, 5.74) is 5.50. The third-order valence-corrected chi connectivity index (χ3v) is 4.60. The van der Waals surface area contributed by atoms with Crippen LogP contribution in [0.25, 0.3) is 0 Å². The van der Waals surface area contributed by atoms with Crippen LogP contribution in [0.5, 0.6) is 0 Å². The van der Waals surface area contributed by atoms with Gasteiger partial charge in [-0.2, -0.15) is 0 Å². The van der Waals surface area contributed by atoms with Gasteiger partial charge in [-0.1, -0.05) is 6.92 Å². The molecule has 0 spiro atoms. The molecule has 1 fully saturated rings. The number of piperazine rings is 1. The molecule has 1 amide bonds. The first-order chi connectivity index (χ1) is 10.7. The largest absolute Gasteiger partial charge is 0.444 e. The zero-order chi connectivity index (χ0) is 17.6. The molecule has 0 bridgehead atoms. The summed E-state index contributed by atoms with van der Waals surface area (Å²) in [6, 6.07) is 0.734. The van der Waals surface area contributed by atoms with Crippen LogP contribution in [0.2, 0.25) is 0 Å². The molecular formula is C17H36N4O2. The van der Waals surface area contributed by atoms with Crippen molar-refractivity contribution in [3.05, 3.63) is 0 Å². The molecular weight excluding hydrogens is 292 g/mol. The minimum Gasteiger partial charge on any atom is -0.444 e. The summed E-state index contributed by atoms with van der Waals surface area (Å²) in [4.78, 5) is 16.9. The van der Waals surface area contributed by atoms with Crippen molar-refractivity contribution in [3.8, 4) is 0 Å². The molecule has 0 aromatic heterocycles. The highest BCUT2D eigenvalue weighted by Gasteiger charge is 2.29. The summed E-state index contributed by atoms with van der Waals surface area (Å²) in [6.45, 7) is 16.7. The van der Waals surface area contributed by atoms with Gasteiger partial charge in [0, 0.05) is 50.8 Å². The average Bonchev–Trinajstić information content (AvgIpc) is 2.45. The highest BCUT2D eigenvalue weighted by Crippen LogP contribution is 2.13. The zero-order valence-corrected chi connectivity index (χ0v) is 15.8. The molecule has 6 heteroatoms. The summed E-state index contributed by atoms with van der Waals surface area (Å²) >= 11 is 0. The number of amides is 1. The normalized spacial score (nSPS) is 21.5. The van der Waals surface area contributed by atoms with Gasteiger partial charge in [0.2, 0.25) is 0 Å². The molecule has 1 rings (SSSR count). The van der Waals surface area contributed by atoms with Gasteiger partial charge in [0.1, 0.15) is 5.60 Å². The Morgan fingerprint density at radius 2 is 1.70 bits per heavy atom. The Balaban J connectivity index is 2.51. The van der Waals surface area contributed by atoms with Gasteiger partial charge >= 0.3 is 6.09 Å². The van der Waals surface area contributed by atoms with E-state index in [1.165, 1.54) is 6.42 Å². The standard InChI is InChI=1S/C17H36N4O2/c1-7-13(2)20-8-10-21(11-9-20)15(12-18)14(3)19-16(22)23-17(4,5)6/h13-15H,7-12,18H2,1-6H3,(H,19,22). The molecule has 1 heterocycles. The van der Waals surface area contributed by atoms with E-state index >= 15 is 0 Å². The van der Waals surface area contributed by atoms with Gasteiger partial charge in [-0.3, -0.25) is 9.80 Å². The second kappa shape index (κ2) is 8.85. The Hall–Kier alpha value is -0.850. The number of alkyl carbamates (subject to hydrolysis) is 1. The number of hydrogen-bond acceptors (Lipinski definition) is 5. The number of nitrogens with two attached hydrogens (primary N) is 1. The Kier molecular flexibility index (Phi) is 7.77. The van der Waals surface area contributed by atoms with Gasteiger partial charge in [0.15, 0.2) is 0 Å². The van der Waals surface area contributed by atoms with Crippen molar-refractivity contribution in [1.82, 2.24) is 15.1 Å². The van der Waals surface area contributed by atoms with E-state index in [1.54, 1.807) is 0 Å². The minimum atomic E-state index is -0.482. The van der Waals surface area contributed by atoms with Gasteiger partial charge in [0.25, 0.3) is 0 Å². The fourth-order valence-electron chi connectivity index (χ4n) is 3.03. The molecule has 136 valence electrons. The lowest BCUT2D eigenvalue weighted by Crippen LogP contribution is -2.60. The fraction of sp³-hybridized carbons (Fsp3) is 0.941. The SMILES string of the molecule is CCC(C)N1CCN(C(CN)C(C)NC(=O)OC(C)(C)C)CC1.